The van der Waals surface area contributed by atoms with Gasteiger partial charge >= 0.3 is 11.9 Å². The second kappa shape index (κ2) is 5.82. The summed E-state index contributed by atoms with van der Waals surface area (Å²) in [6.45, 7) is 1.28. The number of halogens is 4. The van der Waals surface area contributed by atoms with E-state index in [9.17, 15) is 13.6 Å². The Morgan fingerprint density at radius 3 is 2.56 bits per heavy atom. The Kier molecular flexibility index (Phi) is 4.90. The van der Waals surface area contributed by atoms with Crippen molar-refractivity contribution in [1.29, 1.82) is 0 Å². The number of benzene rings is 1. The molecule has 1 aromatic rings. The Bertz CT molecular complexity index is 455. The summed E-state index contributed by atoms with van der Waals surface area (Å²) in [5, 5.41) is 0.302. The number of hydrogen-bond donors (Lipinski definition) is 1. The maximum Gasteiger partial charge on any atom is 0.379 e. The third kappa shape index (κ3) is 3.10. The zero-order valence-electron chi connectivity index (χ0n) is 9.42. The van der Waals surface area contributed by atoms with Crippen molar-refractivity contribution >= 4 is 29.2 Å². The average molecular weight is 298 g/mol. The molecule has 0 fully saturated rings. The van der Waals surface area contributed by atoms with Crippen LogP contribution >= 0.6 is 23.2 Å². The molecule has 0 unspecified atom stereocenters. The fraction of sp³-hybridized carbons (Fsp3) is 0.364. The molecular formula is C11H11Cl2F2NO2. The Balaban J connectivity index is 3.01. The quantitative estimate of drug-likeness (QED) is 0.868. The second-order valence-corrected chi connectivity index (χ2v) is 4.31. The molecule has 18 heavy (non-hydrogen) atoms. The van der Waals surface area contributed by atoms with Gasteiger partial charge in [0.05, 0.1) is 16.7 Å². The summed E-state index contributed by atoms with van der Waals surface area (Å²) in [4.78, 5) is 11.1. The van der Waals surface area contributed by atoms with Crippen LogP contribution in [0, 0.1) is 0 Å². The summed E-state index contributed by atoms with van der Waals surface area (Å²) in [7, 11) is 0. The van der Waals surface area contributed by atoms with Gasteiger partial charge in [-0.15, -0.1) is 0 Å². The molecule has 0 aromatic heterocycles. The minimum Gasteiger partial charge on any atom is -0.462 e. The Hall–Kier alpha value is -0.910. The molecule has 0 radical (unpaired) electrons. The molecule has 0 aliphatic rings. The lowest BCUT2D eigenvalue weighted by molar-refractivity contribution is -0.174. The standard InChI is InChI=1S/C11H11Cl2F2NO2/c1-2-18-10(17)11(14,15)9(16)6-3-4-7(12)8(13)5-6/h3-5,9H,2,16H2,1H3/t9-/m1/s1. The van der Waals surface area contributed by atoms with E-state index in [-0.39, 0.29) is 22.2 Å². The van der Waals surface area contributed by atoms with E-state index in [2.05, 4.69) is 4.74 Å². The number of nitrogens with two attached hydrogens (primary N) is 1. The zero-order valence-corrected chi connectivity index (χ0v) is 10.9. The van der Waals surface area contributed by atoms with Gasteiger partial charge in [0.1, 0.15) is 6.04 Å². The first-order valence-electron chi connectivity index (χ1n) is 5.06. The third-order valence-corrected chi connectivity index (χ3v) is 2.98. The highest BCUT2D eigenvalue weighted by Gasteiger charge is 2.47. The van der Waals surface area contributed by atoms with E-state index in [1.165, 1.54) is 25.1 Å². The van der Waals surface area contributed by atoms with Gasteiger partial charge in [-0.2, -0.15) is 8.78 Å². The number of hydrogen-bond acceptors (Lipinski definition) is 3. The van der Waals surface area contributed by atoms with Gasteiger partial charge in [-0.3, -0.25) is 0 Å². The lowest BCUT2D eigenvalue weighted by Crippen LogP contribution is -2.41. The molecule has 1 rings (SSSR count). The lowest BCUT2D eigenvalue weighted by Gasteiger charge is -2.22. The van der Waals surface area contributed by atoms with Crippen LogP contribution in [-0.2, 0) is 9.53 Å². The summed E-state index contributed by atoms with van der Waals surface area (Å²) in [6, 6.07) is 1.97. The van der Waals surface area contributed by atoms with Crippen LogP contribution in [0.4, 0.5) is 8.78 Å². The van der Waals surface area contributed by atoms with Crippen molar-refractivity contribution in [3.05, 3.63) is 33.8 Å². The van der Waals surface area contributed by atoms with Crippen molar-refractivity contribution in [2.24, 2.45) is 5.73 Å². The van der Waals surface area contributed by atoms with Crippen LogP contribution in [0.15, 0.2) is 18.2 Å². The Morgan fingerprint density at radius 1 is 1.44 bits per heavy atom. The van der Waals surface area contributed by atoms with Crippen molar-refractivity contribution in [2.75, 3.05) is 6.61 Å². The molecule has 1 aromatic carbocycles. The van der Waals surface area contributed by atoms with Crippen molar-refractivity contribution in [3.63, 3.8) is 0 Å². The molecule has 0 aliphatic heterocycles. The lowest BCUT2D eigenvalue weighted by atomic mass is 10.0. The van der Waals surface area contributed by atoms with Crippen LogP contribution in [0.5, 0.6) is 0 Å². The predicted octanol–water partition coefficient (Wildman–Crippen LogP) is 3.19. The van der Waals surface area contributed by atoms with E-state index < -0.39 is 17.9 Å². The third-order valence-electron chi connectivity index (χ3n) is 2.24. The summed E-state index contributed by atoms with van der Waals surface area (Å²) in [6.07, 6.45) is 0. The maximum absolute atomic E-state index is 13.6. The summed E-state index contributed by atoms with van der Waals surface area (Å²) < 4.78 is 31.6. The van der Waals surface area contributed by atoms with Gasteiger partial charge in [0.15, 0.2) is 0 Å². The summed E-state index contributed by atoms with van der Waals surface area (Å²) >= 11 is 11.4. The number of esters is 1. The van der Waals surface area contributed by atoms with Gasteiger partial charge in [-0.05, 0) is 24.6 Å². The Labute approximate surface area is 113 Å². The number of carbonyl (C=O) groups is 1. The fourth-order valence-corrected chi connectivity index (χ4v) is 1.58. The molecule has 0 saturated carbocycles. The number of carbonyl (C=O) groups excluding carboxylic acids is 1. The highest BCUT2D eigenvalue weighted by molar-refractivity contribution is 6.42. The molecule has 0 heterocycles. The van der Waals surface area contributed by atoms with E-state index in [1.54, 1.807) is 0 Å². The Morgan fingerprint density at radius 2 is 2.06 bits per heavy atom. The van der Waals surface area contributed by atoms with Crippen molar-refractivity contribution in [3.8, 4) is 0 Å². The highest BCUT2D eigenvalue weighted by atomic mass is 35.5. The molecular weight excluding hydrogens is 287 g/mol. The maximum atomic E-state index is 13.6. The number of alkyl halides is 2. The molecule has 0 saturated heterocycles. The minimum absolute atomic E-state index is 0.00227. The first kappa shape index (κ1) is 15.1. The second-order valence-electron chi connectivity index (χ2n) is 3.49. The van der Waals surface area contributed by atoms with E-state index in [4.69, 9.17) is 28.9 Å². The first-order chi connectivity index (χ1) is 8.30. The zero-order chi connectivity index (χ0) is 13.9. The van der Waals surface area contributed by atoms with Crippen LogP contribution in [0.2, 0.25) is 10.0 Å². The van der Waals surface area contributed by atoms with Crippen LogP contribution in [0.25, 0.3) is 0 Å². The average Bonchev–Trinajstić information content (AvgIpc) is 2.32. The normalized spacial score (nSPS) is 13.2. The highest BCUT2D eigenvalue weighted by Crippen LogP contribution is 2.33. The van der Waals surface area contributed by atoms with Crippen LogP contribution in [0.1, 0.15) is 18.5 Å². The summed E-state index contributed by atoms with van der Waals surface area (Å²) in [5.74, 6) is -5.49. The SMILES string of the molecule is CCOC(=O)C(F)(F)[C@H](N)c1ccc(Cl)c(Cl)c1. The van der Waals surface area contributed by atoms with Crippen molar-refractivity contribution in [2.45, 2.75) is 18.9 Å². The topological polar surface area (TPSA) is 52.3 Å². The van der Waals surface area contributed by atoms with E-state index in [0.717, 1.165) is 0 Å². The first-order valence-corrected chi connectivity index (χ1v) is 5.81. The van der Waals surface area contributed by atoms with Crippen LogP contribution in [0.3, 0.4) is 0 Å². The van der Waals surface area contributed by atoms with E-state index in [1.807, 2.05) is 0 Å². The van der Waals surface area contributed by atoms with Gasteiger partial charge in [0.25, 0.3) is 0 Å². The molecule has 0 bridgehead atoms. The van der Waals surface area contributed by atoms with Crippen LogP contribution in [-0.4, -0.2) is 18.5 Å². The monoisotopic (exact) mass is 297 g/mol. The predicted molar refractivity (Wildman–Crippen MR) is 65.0 cm³/mol. The van der Waals surface area contributed by atoms with Crippen molar-refractivity contribution < 1.29 is 18.3 Å². The number of ether oxygens (including phenoxy) is 1. The molecule has 0 amide bonds. The van der Waals surface area contributed by atoms with Crippen LogP contribution < -0.4 is 5.73 Å². The molecule has 0 aliphatic carbocycles. The molecule has 3 nitrogen and oxygen atoms in total. The largest absolute Gasteiger partial charge is 0.462 e. The van der Waals surface area contributed by atoms with Gasteiger partial charge < -0.3 is 10.5 Å². The molecule has 100 valence electrons. The van der Waals surface area contributed by atoms with Gasteiger partial charge in [0.2, 0.25) is 0 Å². The van der Waals surface area contributed by atoms with Gasteiger partial charge in [-0.25, -0.2) is 4.79 Å². The van der Waals surface area contributed by atoms with E-state index in [0.29, 0.717) is 0 Å². The summed E-state index contributed by atoms with van der Waals surface area (Å²) in [5.41, 5.74) is 5.37. The van der Waals surface area contributed by atoms with Gasteiger partial charge in [-0.1, -0.05) is 29.3 Å². The van der Waals surface area contributed by atoms with Crippen molar-refractivity contribution in [1.82, 2.24) is 0 Å². The molecule has 0 spiro atoms. The fourth-order valence-electron chi connectivity index (χ4n) is 1.27. The number of rotatable bonds is 4. The molecule has 7 heteroatoms. The van der Waals surface area contributed by atoms with Gasteiger partial charge in [0, 0.05) is 0 Å². The molecule has 2 N–H and O–H groups in total. The van der Waals surface area contributed by atoms with E-state index >= 15 is 0 Å². The smallest absolute Gasteiger partial charge is 0.379 e. The molecule has 1 atom stereocenters. The minimum atomic E-state index is -3.83.